The molecule has 0 heterocycles. The van der Waals surface area contributed by atoms with Crippen LogP contribution in [0.15, 0.2) is 18.2 Å². The van der Waals surface area contributed by atoms with Crippen LogP contribution in [0.1, 0.15) is 33.3 Å². The SMILES string of the molecule is CC(=O)Nc1ccc(C(C)(C)C)cc1I. The van der Waals surface area contributed by atoms with Crippen LogP contribution in [0.5, 0.6) is 0 Å². The number of anilines is 1. The van der Waals surface area contributed by atoms with Crippen LogP contribution in [-0.2, 0) is 10.2 Å². The number of hydrogen-bond donors (Lipinski definition) is 1. The van der Waals surface area contributed by atoms with Gasteiger partial charge in [0.05, 0.1) is 5.69 Å². The zero-order valence-corrected chi connectivity index (χ0v) is 11.7. The van der Waals surface area contributed by atoms with E-state index in [1.165, 1.54) is 12.5 Å². The molecular formula is C12H16INO. The van der Waals surface area contributed by atoms with Crippen molar-refractivity contribution in [2.24, 2.45) is 0 Å². The molecule has 1 amide bonds. The topological polar surface area (TPSA) is 29.1 Å². The molecule has 3 heteroatoms. The number of carbonyl (C=O) groups is 1. The molecule has 1 N–H and O–H groups in total. The molecule has 0 aliphatic carbocycles. The first-order chi connectivity index (χ1) is 6.80. The molecule has 1 rings (SSSR count). The highest BCUT2D eigenvalue weighted by molar-refractivity contribution is 14.1. The molecule has 2 nitrogen and oxygen atoms in total. The van der Waals surface area contributed by atoms with Crippen molar-refractivity contribution in [3.8, 4) is 0 Å². The first-order valence-corrected chi connectivity index (χ1v) is 5.96. The van der Waals surface area contributed by atoms with Crippen LogP contribution in [0.4, 0.5) is 5.69 Å². The quantitative estimate of drug-likeness (QED) is 0.789. The summed E-state index contributed by atoms with van der Waals surface area (Å²) >= 11 is 2.24. The molecule has 0 saturated heterocycles. The second-order valence-electron chi connectivity index (χ2n) is 4.63. The lowest BCUT2D eigenvalue weighted by Gasteiger charge is -2.20. The standard InChI is InChI=1S/C12H16INO/c1-8(15)14-11-6-5-9(7-10(11)13)12(2,3)4/h5-7H,1-4H3,(H,14,15). The summed E-state index contributed by atoms with van der Waals surface area (Å²) in [6, 6.07) is 6.14. The van der Waals surface area contributed by atoms with E-state index in [0.29, 0.717) is 0 Å². The monoisotopic (exact) mass is 317 g/mol. The van der Waals surface area contributed by atoms with E-state index in [0.717, 1.165) is 9.26 Å². The average molecular weight is 317 g/mol. The Morgan fingerprint density at radius 3 is 2.33 bits per heavy atom. The van der Waals surface area contributed by atoms with Gasteiger partial charge in [0.15, 0.2) is 0 Å². The molecule has 0 fully saturated rings. The summed E-state index contributed by atoms with van der Waals surface area (Å²) in [7, 11) is 0. The van der Waals surface area contributed by atoms with E-state index in [1.54, 1.807) is 0 Å². The Hall–Kier alpha value is -0.580. The maximum absolute atomic E-state index is 10.9. The number of hydrogen-bond acceptors (Lipinski definition) is 1. The van der Waals surface area contributed by atoms with Gasteiger partial charge < -0.3 is 5.32 Å². The number of halogens is 1. The van der Waals surface area contributed by atoms with Gasteiger partial charge in [0.25, 0.3) is 0 Å². The van der Waals surface area contributed by atoms with Gasteiger partial charge in [-0.15, -0.1) is 0 Å². The van der Waals surface area contributed by atoms with Crippen LogP contribution in [0.2, 0.25) is 0 Å². The minimum Gasteiger partial charge on any atom is -0.325 e. The summed E-state index contributed by atoms with van der Waals surface area (Å²) in [6.45, 7) is 8.05. The summed E-state index contributed by atoms with van der Waals surface area (Å²) in [5.41, 5.74) is 2.31. The number of rotatable bonds is 1. The second kappa shape index (κ2) is 4.51. The number of amides is 1. The first kappa shape index (κ1) is 12.5. The minimum absolute atomic E-state index is 0.0311. The van der Waals surface area contributed by atoms with Crippen molar-refractivity contribution in [2.45, 2.75) is 33.1 Å². The van der Waals surface area contributed by atoms with Gasteiger partial charge in [-0.05, 0) is 45.7 Å². The molecule has 0 radical (unpaired) electrons. The van der Waals surface area contributed by atoms with Gasteiger partial charge in [0.2, 0.25) is 5.91 Å². The van der Waals surface area contributed by atoms with E-state index in [9.17, 15) is 4.79 Å². The fourth-order valence-electron chi connectivity index (χ4n) is 1.27. The third-order valence-electron chi connectivity index (χ3n) is 2.15. The molecule has 0 aliphatic heterocycles. The summed E-state index contributed by atoms with van der Waals surface area (Å²) in [5, 5.41) is 2.81. The lowest BCUT2D eigenvalue weighted by molar-refractivity contribution is -0.114. The molecule has 0 aliphatic rings. The van der Waals surface area contributed by atoms with Crippen molar-refractivity contribution in [3.63, 3.8) is 0 Å². The summed E-state index contributed by atoms with van der Waals surface area (Å²) in [5.74, 6) is -0.0311. The highest BCUT2D eigenvalue weighted by atomic mass is 127. The van der Waals surface area contributed by atoms with E-state index in [2.05, 4.69) is 60.8 Å². The fraction of sp³-hybridized carbons (Fsp3) is 0.417. The Morgan fingerprint density at radius 1 is 1.33 bits per heavy atom. The summed E-state index contributed by atoms with van der Waals surface area (Å²) in [6.07, 6.45) is 0. The first-order valence-electron chi connectivity index (χ1n) is 4.88. The van der Waals surface area contributed by atoms with Gasteiger partial charge in [0, 0.05) is 10.5 Å². The molecule has 15 heavy (non-hydrogen) atoms. The zero-order valence-electron chi connectivity index (χ0n) is 9.52. The van der Waals surface area contributed by atoms with E-state index in [1.807, 2.05) is 6.07 Å². The van der Waals surface area contributed by atoms with Crippen molar-refractivity contribution in [1.29, 1.82) is 0 Å². The Balaban J connectivity index is 3.03. The van der Waals surface area contributed by atoms with Crippen molar-refractivity contribution < 1.29 is 4.79 Å². The maximum atomic E-state index is 10.9. The minimum atomic E-state index is -0.0311. The average Bonchev–Trinajstić information content (AvgIpc) is 2.05. The summed E-state index contributed by atoms with van der Waals surface area (Å²) < 4.78 is 1.08. The van der Waals surface area contributed by atoms with Gasteiger partial charge in [-0.2, -0.15) is 0 Å². The Labute approximate surface area is 105 Å². The lowest BCUT2D eigenvalue weighted by atomic mass is 9.87. The summed E-state index contributed by atoms with van der Waals surface area (Å²) in [4.78, 5) is 10.9. The Bertz CT molecular complexity index is 380. The van der Waals surface area contributed by atoms with E-state index >= 15 is 0 Å². The normalized spacial score (nSPS) is 11.3. The molecule has 0 bridgehead atoms. The van der Waals surface area contributed by atoms with Crippen LogP contribution in [0, 0.1) is 3.57 Å². The van der Waals surface area contributed by atoms with Crippen molar-refractivity contribution >= 4 is 34.2 Å². The fourth-order valence-corrected chi connectivity index (χ4v) is 1.92. The second-order valence-corrected chi connectivity index (χ2v) is 5.79. The smallest absolute Gasteiger partial charge is 0.221 e. The Morgan fingerprint density at radius 2 is 1.93 bits per heavy atom. The molecule has 0 atom stereocenters. The molecule has 0 spiro atoms. The highest BCUT2D eigenvalue weighted by Crippen LogP contribution is 2.27. The van der Waals surface area contributed by atoms with Gasteiger partial charge in [0.1, 0.15) is 0 Å². The predicted molar refractivity (Wildman–Crippen MR) is 72.2 cm³/mol. The third kappa shape index (κ3) is 3.48. The maximum Gasteiger partial charge on any atom is 0.221 e. The largest absolute Gasteiger partial charge is 0.325 e. The van der Waals surface area contributed by atoms with Crippen LogP contribution in [0.3, 0.4) is 0 Å². The lowest BCUT2D eigenvalue weighted by Crippen LogP contribution is -2.12. The van der Waals surface area contributed by atoms with Crippen molar-refractivity contribution in [3.05, 3.63) is 27.3 Å². The Kier molecular flexibility index (Phi) is 3.76. The van der Waals surface area contributed by atoms with E-state index in [-0.39, 0.29) is 11.3 Å². The van der Waals surface area contributed by atoms with Crippen LogP contribution < -0.4 is 5.32 Å². The zero-order chi connectivity index (χ0) is 11.6. The van der Waals surface area contributed by atoms with Gasteiger partial charge in [-0.25, -0.2) is 0 Å². The molecule has 0 saturated carbocycles. The molecule has 1 aromatic rings. The predicted octanol–water partition coefficient (Wildman–Crippen LogP) is 3.55. The van der Waals surface area contributed by atoms with Crippen LogP contribution in [-0.4, -0.2) is 5.91 Å². The van der Waals surface area contributed by atoms with E-state index < -0.39 is 0 Å². The van der Waals surface area contributed by atoms with Gasteiger partial charge >= 0.3 is 0 Å². The molecule has 0 aromatic heterocycles. The van der Waals surface area contributed by atoms with Gasteiger partial charge in [-0.1, -0.05) is 26.8 Å². The molecule has 0 unspecified atom stereocenters. The molecule has 1 aromatic carbocycles. The van der Waals surface area contributed by atoms with Crippen LogP contribution >= 0.6 is 22.6 Å². The van der Waals surface area contributed by atoms with Crippen molar-refractivity contribution in [1.82, 2.24) is 0 Å². The number of benzene rings is 1. The number of carbonyl (C=O) groups excluding carboxylic acids is 1. The molecule has 82 valence electrons. The van der Waals surface area contributed by atoms with E-state index in [4.69, 9.17) is 0 Å². The number of nitrogens with one attached hydrogen (secondary N) is 1. The van der Waals surface area contributed by atoms with Crippen LogP contribution in [0.25, 0.3) is 0 Å². The highest BCUT2D eigenvalue weighted by Gasteiger charge is 2.14. The van der Waals surface area contributed by atoms with Crippen molar-refractivity contribution in [2.75, 3.05) is 5.32 Å². The molecular weight excluding hydrogens is 301 g/mol. The third-order valence-corrected chi connectivity index (χ3v) is 3.04. The van der Waals surface area contributed by atoms with Gasteiger partial charge in [-0.3, -0.25) is 4.79 Å².